The van der Waals surface area contributed by atoms with Crippen LogP contribution in [0.15, 0.2) is 57.7 Å². The van der Waals surface area contributed by atoms with Crippen molar-refractivity contribution >= 4 is 16.9 Å². The Morgan fingerprint density at radius 1 is 1.17 bits per heavy atom. The summed E-state index contributed by atoms with van der Waals surface area (Å²) in [6.45, 7) is -0.239. The Hall–Kier alpha value is -2.83. The number of aromatic carboxylic acids is 1. The molecule has 1 aromatic heterocycles. The quantitative estimate of drug-likeness (QED) is 0.442. The molecular formula is C20H14NNaO7. The van der Waals surface area contributed by atoms with Gasteiger partial charge < -0.3 is 28.9 Å². The number of aliphatic hydroxyl groups excluding tert-OH is 1. The Morgan fingerprint density at radius 3 is 2.52 bits per heavy atom. The second-order valence-electron chi connectivity index (χ2n) is 5.80. The van der Waals surface area contributed by atoms with Gasteiger partial charge in [-0.15, -0.1) is 0 Å². The second-order valence-corrected chi connectivity index (χ2v) is 5.80. The van der Waals surface area contributed by atoms with Crippen molar-refractivity contribution in [2.75, 3.05) is 13.2 Å². The van der Waals surface area contributed by atoms with Crippen molar-refractivity contribution in [3.63, 3.8) is 0 Å². The summed E-state index contributed by atoms with van der Waals surface area (Å²) in [6, 6.07) is 13.7. The van der Waals surface area contributed by atoms with E-state index in [0.29, 0.717) is 11.3 Å². The minimum Gasteiger partial charge on any atom is -0.542 e. The normalized spacial score (nSPS) is 11.2. The number of hydrogen-bond acceptors (Lipinski definition) is 8. The number of benzene rings is 2. The van der Waals surface area contributed by atoms with Crippen LogP contribution >= 0.6 is 0 Å². The maximum atomic E-state index is 12.2. The zero-order valence-corrected chi connectivity index (χ0v) is 17.5. The summed E-state index contributed by atoms with van der Waals surface area (Å²) in [7, 11) is 0. The Labute approximate surface area is 187 Å². The molecule has 1 unspecified atom stereocenters. The average molecular weight is 403 g/mol. The molecule has 142 valence electrons. The molecule has 1 heterocycles. The van der Waals surface area contributed by atoms with E-state index in [4.69, 9.17) is 19.2 Å². The SMILES string of the molecule is N#Cc1ccc(OCC(O)COc2cccc3oc(C(=O)[O-])cc(=O)c23)cc1.[Na+]. The van der Waals surface area contributed by atoms with Gasteiger partial charge in [0.2, 0.25) is 0 Å². The first-order valence-electron chi connectivity index (χ1n) is 8.20. The minimum absolute atomic E-state index is 0. The van der Waals surface area contributed by atoms with Crippen LogP contribution < -0.4 is 49.6 Å². The van der Waals surface area contributed by atoms with E-state index in [0.717, 1.165) is 6.07 Å². The molecule has 8 nitrogen and oxygen atoms in total. The molecule has 0 spiro atoms. The molecule has 0 aliphatic heterocycles. The second kappa shape index (κ2) is 10.1. The van der Waals surface area contributed by atoms with E-state index in [9.17, 15) is 19.8 Å². The van der Waals surface area contributed by atoms with Crippen LogP contribution in [0.1, 0.15) is 16.1 Å². The molecule has 1 N–H and O–H groups in total. The monoisotopic (exact) mass is 403 g/mol. The maximum absolute atomic E-state index is 12.2. The number of ether oxygens (including phenoxy) is 2. The average Bonchev–Trinajstić information content (AvgIpc) is 2.70. The third-order valence-corrected chi connectivity index (χ3v) is 3.77. The summed E-state index contributed by atoms with van der Waals surface area (Å²) >= 11 is 0. The number of carboxylic acids is 1. The number of carbonyl (C=O) groups excluding carboxylic acids is 1. The van der Waals surface area contributed by atoms with Crippen molar-refractivity contribution in [2.45, 2.75) is 6.10 Å². The summed E-state index contributed by atoms with van der Waals surface area (Å²) in [5.41, 5.74) is -0.0697. The van der Waals surface area contributed by atoms with Crippen LogP contribution in [0.5, 0.6) is 11.5 Å². The van der Waals surface area contributed by atoms with Gasteiger partial charge in [0.1, 0.15) is 47.8 Å². The van der Waals surface area contributed by atoms with Gasteiger partial charge in [-0.3, -0.25) is 4.79 Å². The van der Waals surface area contributed by atoms with Crippen LogP contribution in [0.2, 0.25) is 0 Å². The number of fused-ring (bicyclic) bond motifs is 1. The van der Waals surface area contributed by atoms with Gasteiger partial charge in [-0.05, 0) is 36.4 Å². The first kappa shape index (κ1) is 22.5. The topological polar surface area (TPSA) is 133 Å². The van der Waals surface area contributed by atoms with Crippen LogP contribution in [-0.2, 0) is 0 Å². The molecule has 0 saturated heterocycles. The van der Waals surface area contributed by atoms with Crippen molar-refractivity contribution in [2.24, 2.45) is 0 Å². The van der Waals surface area contributed by atoms with Crippen molar-refractivity contribution in [1.82, 2.24) is 0 Å². The molecule has 0 aliphatic rings. The van der Waals surface area contributed by atoms with Gasteiger partial charge in [-0.1, -0.05) is 6.07 Å². The van der Waals surface area contributed by atoms with Gasteiger partial charge in [-0.2, -0.15) is 5.26 Å². The van der Waals surface area contributed by atoms with Crippen molar-refractivity contribution in [1.29, 1.82) is 5.26 Å². The van der Waals surface area contributed by atoms with E-state index in [2.05, 4.69) is 0 Å². The van der Waals surface area contributed by atoms with Crippen LogP contribution in [0.3, 0.4) is 0 Å². The molecule has 1 atom stereocenters. The Morgan fingerprint density at radius 2 is 1.86 bits per heavy atom. The Bertz CT molecular complexity index is 1100. The van der Waals surface area contributed by atoms with Crippen molar-refractivity contribution in [3.05, 3.63) is 70.1 Å². The van der Waals surface area contributed by atoms with Crippen LogP contribution in [0.25, 0.3) is 11.0 Å². The van der Waals surface area contributed by atoms with Gasteiger partial charge in [-0.25, -0.2) is 0 Å². The number of aliphatic hydroxyl groups is 1. The van der Waals surface area contributed by atoms with Crippen molar-refractivity contribution < 1.29 is 58.5 Å². The molecule has 0 fully saturated rings. The molecule has 29 heavy (non-hydrogen) atoms. The summed E-state index contributed by atoms with van der Waals surface area (Å²) in [5, 5.41) is 29.7. The first-order chi connectivity index (χ1) is 13.5. The number of hydrogen-bond donors (Lipinski definition) is 1. The van der Waals surface area contributed by atoms with Gasteiger partial charge >= 0.3 is 29.6 Å². The molecule has 0 radical (unpaired) electrons. The maximum Gasteiger partial charge on any atom is 1.00 e. The van der Waals surface area contributed by atoms with Crippen LogP contribution in [-0.4, -0.2) is 30.4 Å². The van der Waals surface area contributed by atoms with Gasteiger partial charge in [0, 0.05) is 6.07 Å². The molecule has 3 aromatic rings. The van der Waals surface area contributed by atoms with E-state index in [1.54, 1.807) is 24.3 Å². The number of rotatable bonds is 7. The Balaban J connectivity index is 0.00000300. The third kappa shape index (κ3) is 5.59. The standard InChI is InChI=1S/C20H15NO7.Na/c21-9-12-4-6-14(7-5-12)26-10-13(22)11-27-16-2-1-3-17-19(16)15(23)8-18(28-17)20(24)25;/h1-8,13,22H,10-11H2,(H,24,25);/q;+1/p-1. The molecule has 0 amide bonds. The number of carboxylic acid groups (broad SMARTS) is 1. The fourth-order valence-electron chi connectivity index (χ4n) is 2.45. The Kier molecular flexibility index (Phi) is 7.82. The molecule has 0 bridgehead atoms. The summed E-state index contributed by atoms with van der Waals surface area (Å²) in [6.07, 6.45) is -1.000. The fourth-order valence-corrected chi connectivity index (χ4v) is 2.45. The predicted octanol–water partition coefficient (Wildman–Crippen LogP) is -2.15. The van der Waals surface area contributed by atoms with E-state index in [1.165, 1.54) is 18.2 Å². The van der Waals surface area contributed by atoms with Gasteiger partial charge in [0.15, 0.2) is 11.2 Å². The molecule has 2 aromatic carbocycles. The largest absolute Gasteiger partial charge is 1.00 e. The van der Waals surface area contributed by atoms with Crippen LogP contribution in [0.4, 0.5) is 0 Å². The summed E-state index contributed by atoms with van der Waals surface area (Å²) in [5.74, 6) is -1.54. The molecular weight excluding hydrogens is 389 g/mol. The van der Waals surface area contributed by atoms with Gasteiger partial charge in [0.25, 0.3) is 0 Å². The number of nitrogens with zero attached hydrogens (tertiary/aromatic N) is 1. The zero-order chi connectivity index (χ0) is 20.1. The molecule has 0 saturated carbocycles. The van der Waals surface area contributed by atoms with E-state index >= 15 is 0 Å². The van der Waals surface area contributed by atoms with Gasteiger partial charge in [0.05, 0.1) is 11.6 Å². The van der Waals surface area contributed by atoms with E-state index < -0.39 is 23.3 Å². The molecule has 9 heteroatoms. The minimum atomic E-state index is -1.60. The number of nitriles is 1. The third-order valence-electron chi connectivity index (χ3n) is 3.77. The smallest absolute Gasteiger partial charge is 0.542 e. The van der Waals surface area contributed by atoms with E-state index in [-0.39, 0.29) is 59.5 Å². The van der Waals surface area contributed by atoms with E-state index in [1.807, 2.05) is 6.07 Å². The predicted molar refractivity (Wildman–Crippen MR) is 95.0 cm³/mol. The van der Waals surface area contributed by atoms with Crippen molar-refractivity contribution in [3.8, 4) is 17.6 Å². The summed E-state index contributed by atoms with van der Waals surface area (Å²) < 4.78 is 16.0. The molecule has 3 rings (SSSR count). The van der Waals surface area contributed by atoms with Crippen LogP contribution in [0, 0.1) is 11.3 Å². The zero-order valence-electron chi connectivity index (χ0n) is 15.5. The fraction of sp³-hybridized carbons (Fsp3) is 0.150. The number of carbonyl (C=O) groups is 1. The summed E-state index contributed by atoms with van der Waals surface area (Å²) in [4.78, 5) is 23.1. The first-order valence-corrected chi connectivity index (χ1v) is 8.20. The molecule has 0 aliphatic carbocycles.